The summed E-state index contributed by atoms with van der Waals surface area (Å²) < 4.78 is 27.9. The summed E-state index contributed by atoms with van der Waals surface area (Å²) in [4.78, 5) is 14.0. The van der Waals surface area contributed by atoms with E-state index < -0.39 is 10.0 Å². The zero-order chi connectivity index (χ0) is 21.8. The second-order valence-electron chi connectivity index (χ2n) is 8.14. The summed E-state index contributed by atoms with van der Waals surface area (Å²) in [6, 6.07) is 11.4. The van der Waals surface area contributed by atoms with Gasteiger partial charge in [0, 0.05) is 25.0 Å². The first-order valence-electron chi connectivity index (χ1n) is 10.4. The lowest BCUT2D eigenvalue weighted by Crippen LogP contribution is -2.37. The molecule has 0 aliphatic heterocycles. The molecule has 2 N–H and O–H groups in total. The molecule has 0 unspecified atom stereocenters. The molecule has 2 aromatic heterocycles. The lowest BCUT2D eigenvalue weighted by atomic mass is 9.86. The van der Waals surface area contributed by atoms with Crippen LogP contribution in [-0.4, -0.2) is 42.2 Å². The van der Waals surface area contributed by atoms with E-state index in [1.165, 1.54) is 0 Å². The molecule has 0 bridgehead atoms. The van der Waals surface area contributed by atoms with Gasteiger partial charge in [-0.05, 0) is 55.4 Å². The number of nitrogens with zero attached hydrogens (tertiary/aromatic N) is 4. The van der Waals surface area contributed by atoms with E-state index in [-0.39, 0.29) is 11.7 Å². The Morgan fingerprint density at radius 1 is 1.16 bits per heavy atom. The number of aromatic nitrogens is 3. The van der Waals surface area contributed by atoms with Gasteiger partial charge in [-0.15, -0.1) is 0 Å². The average molecular weight is 439 g/mol. The van der Waals surface area contributed by atoms with Gasteiger partial charge < -0.3 is 9.88 Å². The van der Waals surface area contributed by atoms with Gasteiger partial charge in [-0.1, -0.05) is 12.1 Å². The molecule has 0 spiro atoms. The summed E-state index contributed by atoms with van der Waals surface area (Å²) in [5.41, 5.74) is 2.23. The normalized spacial score (nSPS) is 19.1. The minimum atomic E-state index is -3.42. The van der Waals surface area contributed by atoms with Crippen molar-refractivity contribution in [2.75, 3.05) is 22.4 Å². The monoisotopic (exact) mass is 438 g/mol. The molecule has 1 fully saturated rings. The first-order chi connectivity index (χ1) is 14.9. The Morgan fingerprint density at radius 3 is 2.61 bits per heavy atom. The molecule has 0 atom stereocenters. The maximum Gasteiger partial charge on any atom is 0.232 e. The Hall–Kier alpha value is -3.12. The molecular formula is C22H26N6O2S. The number of benzene rings is 1. The SMILES string of the molecule is CN(c1ncnc2[nH]ccc12)C1CCC(CS(=O)(=O)Nc2ccc(CC#N)cc2)CC1. The van der Waals surface area contributed by atoms with Crippen LogP contribution in [0.5, 0.6) is 0 Å². The summed E-state index contributed by atoms with van der Waals surface area (Å²) in [5.74, 6) is 1.17. The zero-order valence-electron chi connectivity index (χ0n) is 17.5. The molecular weight excluding hydrogens is 412 g/mol. The fourth-order valence-corrected chi connectivity index (χ4v) is 5.86. The molecule has 2 heterocycles. The topological polar surface area (TPSA) is 115 Å². The predicted molar refractivity (Wildman–Crippen MR) is 121 cm³/mol. The van der Waals surface area contributed by atoms with E-state index in [0.717, 1.165) is 48.1 Å². The van der Waals surface area contributed by atoms with Crippen LogP contribution in [-0.2, 0) is 16.4 Å². The van der Waals surface area contributed by atoms with Crippen molar-refractivity contribution < 1.29 is 8.42 Å². The molecule has 3 aromatic rings. The Morgan fingerprint density at radius 2 is 1.90 bits per heavy atom. The van der Waals surface area contributed by atoms with Gasteiger partial charge in [-0.3, -0.25) is 4.72 Å². The van der Waals surface area contributed by atoms with E-state index in [0.29, 0.717) is 18.2 Å². The van der Waals surface area contributed by atoms with Crippen LogP contribution in [0.3, 0.4) is 0 Å². The van der Waals surface area contributed by atoms with E-state index in [1.54, 1.807) is 30.6 Å². The van der Waals surface area contributed by atoms with Crippen LogP contribution in [0.1, 0.15) is 31.2 Å². The summed E-state index contributed by atoms with van der Waals surface area (Å²) in [7, 11) is -1.37. The average Bonchev–Trinajstić information content (AvgIpc) is 3.24. The Balaban J connectivity index is 1.33. The van der Waals surface area contributed by atoms with Gasteiger partial charge in [-0.25, -0.2) is 18.4 Å². The van der Waals surface area contributed by atoms with Gasteiger partial charge in [0.25, 0.3) is 0 Å². The lowest BCUT2D eigenvalue weighted by molar-refractivity contribution is 0.341. The van der Waals surface area contributed by atoms with Crippen molar-refractivity contribution in [2.24, 2.45) is 5.92 Å². The van der Waals surface area contributed by atoms with Crippen molar-refractivity contribution >= 4 is 32.6 Å². The van der Waals surface area contributed by atoms with Crippen LogP contribution in [0.25, 0.3) is 11.0 Å². The number of H-pyrrole nitrogens is 1. The Labute approximate surface area is 182 Å². The number of hydrogen-bond acceptors (Lipinski definition) is 6. The lowest BCUT2D eigenvalue weighted by Gasteiger charge is -2.35. The van der Waals surface area contributed by atoms with Gasteiger partial charge in [0.2, 0.25) is 10.0 Å². The number of anilines is 2. The highest BCUT2D eigenvalue weighted by molar-refractivity contribution is 7.92. The third-order valence-corrected chi connectivity index (χ3v) is 7.45. The second-order valence-corrected chi connectivity index (χ2v) is 9.90. The first-order valence-corrected chi connectivity index (χ1v) is 12.1. The minimum absolute atomic E-state index is 0.124. The van der Waals surface area contributed by atoms with E-state index >= 15 is 0 Å². The van der Waals surface area contributed by atoms with Gasteiger partial charge in [0.05, 0.1) is 23.6 Å². The Kier molecular flexibility index (Phi) is 6.09. The molecule has 1 aliphatic rings. The fraction of sp³-hybridized carbons (Fsp3) is 0.409. The number of hydrogen-bond donors (Lipinski definition) is 2. The fourth-order valence-electron chi connectivity index (χ4n) is 4.32. The molecule has 162 valence electrons. The van der Waals surface area contributed by atoms with Crippen LogP contribution in [0.2, 0.25) is 0 Å². The number of rotatable bonds is 7. The van der Waals surface area contributed by atoms with Crippen molar-refractivity contribution in [1.29, 1.82) is 5.26 Å². The zero-order valence-corrected chi connectivity index (χ0v) is 18.3. The predicted octanol–water partition coefficient (Wildman–Crippen LogP) is 3.46. The molecule has 9 heteroatoms. The number of sulfonamides is 1. The summed E-state index contributed by atoms with van der Waals surface area (Å²) in [6.07, 6.45) is 7.32. The molecule has 1 aliphatic carbocycles. The smallest absolute Gasteiger partial charge is 0.232 e. The Bertz CT molecular complexity index is 1170. The van der Waals surface area contributed by atoms with E-state index in [2.05, 4.69) is 30.6 Å². The molecule has 0 saturated heterocycles. The van der Waals surface area contributed by atoms with Gasteiger partial charge >= 0.3 is 0 Å². The van der Waals surface area contributed by atoms with E-state index in [9.17, 15) is 8.42 Å². The molecule has 4 rings (SSSR count). The third-order valence-electron chi connectivity index (χ3n) is 6.00. The van der Waals surface area contributed by atoms with Crippen LogP contribution < -0.4 is 9.62 Å². The van der Waals surface area contributed by atoms with Crippen LogP contribution >= 0.6 is 0 Å². The molecule has 31 heavy (non-hydrogen) atoms. The largest absolute Gasteiger partial charge is 0.356 e. The van der Waals surface area contributed by atoms with Gasteiger partial charge in [-0.2, -0.15) is 5.26 Å². The maximum atomic E-state index is 12.6. The number of nitriles is 1. The first kappa shape index (κ1) is 21.1. The molecule has 1 aromatic carbocycles. The number of nitrogens with one attached hydrogen (secondary N) is 2. The third kappa shape index (κ3) is 4.97. The standard InChI is InChI=1S/C22H26N6O2S/c1-28(22-20-11-13-24-21(20)25-15-26-22)19-8-4-17(5-9-19)14-31(29,30)27-18-6-2-16(3-7-18)10-12-23/h2-3,6-7,11,13,15,17,19,27H,4-5,8-10,14H2,1H3,(H,24,25,26). The van der Waals surface area contributed by atoms with Crippen molar-refractivity contribution in [3.8, 4) is 6.07 Å². The molecule has 0 amide bonds. The van der Waals surface area contributed by atoms with E-state index in [4.69, 9.17) is 5.26 Å². The molecule has 0 radical (unpaired) electrons. The van der Waals surface area contributed by atoms with Crippen LogP contribution in [0, 0.1) is 17.2 Å². The molecule has 1 saturated carbocycles. The highest BCUT2D eigenvalue weighted by atomic mass is 32.2. The highest BCUT2D eigenvalue weighted by Gasteiger charge is 2.28. The van der Waals surface area contributed by atoms with Crippen molar-refractivity contribution in [3.63, 3.8) is 0 Å². The van der Waals surface area contributed by atoms with Crippen LogP contribution in [0.15, 0.2) is 42.9 Å². The van der Waals surface area contributed by atoms with Gasteiger partial charge in [0.1, 0.15) is 17.8 Å². The van der Waals surface area contributed by atoms with Crippen molar-refractivity contribution in [1.82, 2.24) is 15.0 Å². The summed E-state index contributed by atoms with van der Waals surface area (Å²) in [6.45, 7) is 0. The van der Waals surface area contributed by atoms with Crippen molar-refractivity contribution in [2.45, 2.75) is 38.1 Å². The number of fused-ring (bicyclic) bond motifs is 1. The second kappa shape index (κ2) is 8.94. The highest BCUT2D eigenvalue weighted by Crippen LogP contribution is 2.32. The van der Waals surface area contributed by atoms with E-state index in [1.807, 2.05) is 19.3 Å². The summed E-state index contributed by atoms with van der Waals surface area (Å²) >= 11 is 0. The molecule has 8 nitrogen and oxygen atoms in total. The number of aromatic amines is 1. The quantitative estimate of drug-likeness (QED) is 0.584. The van der Waals surface area contributed by atoms with Crippen LogP contribution in [0.4, 0.5) is 11.5 Å². The maximum absolute atomic E-state index is 12.6. The minimum Gasteiger partial charge on any atom is -0.356 e. The summed E-state index contributed by atoms with van der Waals surface area (Å²) in [5, 5.41) is 9.74. The van der Waals surface area contributed by atoms with Gasteiger partial charge in [0.15, 0.2) is 0 Å². The van der Waals surface area contributed by atoms with Crippen molar-refractivity contribution in [3.05, 3.63) is 48.4 Å².